The highest BCUT2D eigenvalue weighted by Crippen LogP contribution is 2.10. The van der Waals surface area contributed by atoms with E-state index in [1.54, 1.807) is 0 Å². The Morgan fingerprint density at radius 1 is 1.57 bits per heavy atom. The van der Waals surface area contributed by atoms with Gasteiger partial charge in [-0.1, -0.05) is 0 Å². The van der Waals surface area contributed by atoms with Crippen molar-refractivity contribution in [1.82, 2.24) is 0 Å². The quantitative estimate of drug-likeness (QED) is 0.344. The van der Waals surface area contributed by atoms with Gasteiger partial charge < -0.3 is 4.43 Å². The number of hydrogen-bond acceptors (Lipinski definition) is 1. The summed E-state index contributed by atoms with van der Waals surface area (Å²) in [6, 6.07) is 0.736. The molecular weight excluding hydrogens is 111 g/mol. The third-order valence-corrected chi connectivity index (χ3v) is 2.58. The van der Waals surface area contributed by atoms with Crippen LogP contribution in [0.15, 0.2) is 0 Å². The van der Waals surface area contributed by atoms with Crippen molar-refractivity contribution in [3.63, 3.8) is 0 Å². The fourth-order valence-corrected chi connectivity index (χ4v) is 1.90. The SMILES string of the molecule is F[SiH]1CCCCO1.[H+]. The molecule has 0 amide bonds. The standard InChI is InChI=1S/C4H9FOSi/c5-7-4-2-1-3-6-7/h7H,1-4H2/p+1. The van der Waals surface area contributed by atoms with Crippen molar-refractivity contribution in [1.29, 1.82) is 0 Å². The largest absolute Gasteiger partial charge is 1.00 e. The number of halogens is 1. The lowest BCUT2D eigenvalue weighted by Gasteiger charge is -2.12. The maximum atomic E-state index is 12.1. The predicted octanol–water partition coefficient (Wildman–Crippen LogP) is 1.10. The Balaban J connectivity index is 0.000000490. The topological polar surface area (TPSA) is 9.23 Å². The lowest BCUT2D eigenvalue weighted by atomic mass is 10.4. The fraction of sp³-hybridized carbons (Fsp3) is 1.00. The molecule has 1 aliphatic rings. The summed E-state index contributed by atoms with van der Waals surface area (Å²) in [5.41, 5.74) is 0. The van der Waals surface area contributed by atoms with Crippen molar-refractivity contribution in [3.05, 3.63) is 0 Å². The normalized spacial score (nSPS) is 33.0. The van der Waals surface area contributed by atoms with Crippen molar-refractivity contribution < 1.29 is 9.96 Å². The second kappa shape index (κ2) is 2.42. The molecule has 0 saturated carbocycles. The van der Waals surface area contributed by atoms with Crippen molar-refractivity contribution >= 4 is 9.37 Å². The summed E-state index contributed by atoms with van der Waals surface area (Å²) in [6.45, 7) is 0.674. The van der Waals surface area contributed by atoms with Gasteiger partial charge in [0, 0.05) is 6.61 Å². The van der Waals surface area contributed by atoms with Gasteiger partial charge >= 0.3 is 10.8 Å². The van der Waals surface area contributed by atoms with E-state index in [0.717, 1.165) is 18.9 Å². The van der Waals surface area contributed by atoms with Gasteiger partial charge in [0.05, 0.1) is 0 Å². The Morgan fingerprint density at radius 3 is 2.71 bits per heavy atom. The maximum absolute atomic E-state index is 12.1. The molecule has 0 bridgehead atoms. The van der Waals surface area contributed by atoms with Gasteiger partial charge in [-0.3, -0.25) is 4.11 Å². The minimum atomic E-state index is -2.09. The van der Waals surface area contributed by atoms with Crippen LogP contribution in [0.3, 0.4) is 0 Å². The molecule has 1 aliphatic heterocycles. The van der Waals surface area contributed by atoms with Gasteiger partial charge in [-0.2, -0.15) is 0 Å². The van der Waals surface area contributed by atoms with E-state index in [9.17, 15) is 4.11 Å². The van der Waals surface area contributed by atoms with E-state index in [2.05, 4.69) is 0 Å². The third-order valence-electron chi connectivity index (χ3n) is 1.12. The number of hydrogen-bond donors (Lipinski definition) is 0. The molecule has 0 N–H and O–H groups in total. The van der Waals surface area contributed by atoms with E-state index < -0.39 is 9.37 Å². The molecule has 1 nitrogen and oxygen atoms in total. The van der Waals surface area contributed by atoms with Crippen molar-refractivity contribution in [2.24, 2.45) is 0 Å². The van der Waals surface area contributed by atoms with Crippen LogP contribution in [-0.2, 0) is 4.43 Å². The molecule has 0 aromatic rings. The van der Waals surface area contributed by atoms with Crippen LogP contribution in [0.2, 0.25) is 6.04 Å². The first kappa shape index (κ1) is 5.25. The Kier molecular flexibility index (Phi) is 1.82. The lowest BCUT2D eigenvalue weighted by Crippen LogP contribution is -2.17. The second-order valence-electron chi connectivity index (χ2n) is 1.78. The molecule has 0 aromatic heterocycles. The van der Waals surface area contributed by atoms with Gasteiger partial charge in [-0.25, -0.2) is 0 Å². The molecule has 0 aliphatic carbocycles. The van der Waals surface area contributed by atoms with E-state index >= 15 is 0 Å². The molecule has 42 valence electrons. The molecule has 0 spiro atoms. The summed E-state index contributed by atoms with van der Waals surface area (Å²) in [7, 11) is -2.09. The second-order valence-corrected chi connectivity index (χ2v) is 3.51. The summed E-state index contributed by atoms with van der Waals surface area (Å²) in [5.74, 6) is 0. The molecule has 1 fully saturated rings. The first-order valence-corrected chi connectivity index (χ1v) is 4.38. The van der Waals surface area contributed by atoms with Gasteiger partial charge in [0.15, 0.2) is 0 Å². The fourth-order valence-electron chi connectivity index (χ4n) is 0.701. The molecule has 0 radical (unpaired) electrons. The highest BCUT2D eigenvalue weighted by molar-refractivity contribution is 6.43. The van der Waals surface area contributed by atoms with Crippen LogP contribution in [0.25, 0.3) is 0 Å². The van der Waals surface area contributed by atoms with Gasteiger partial charge in [0.2, 0.25) is 0 Å². The zero-order chi connectivity index (χ0) is 5.11. The van der Waals surface area contributed by atoms with Crippen LogP contribution in [0.1, 0.15) is 14.3 Å². The van der Waals surface area contributed by atoms with E-state index in [4.69, 9.17) is 4.43 Å². The van der Waals surface area contributed by atoms with Gasteiger partial charge in [-0.05, 0) is 18.9 Å². The van der Waals surface area contributed by atoms with Crippen LogP contribution in [-0.4, -0.2) is 16.0 Å². The van der Waals surface area contributed by atoms with Crippen LogP contribution < -0.4 is 0 Å². The average molecular weight is 121 g/mol. The summed E-state index contributed by atoms with van der Waals surface area (Å²) >= 11 is 0. The van der Waals surface area contributed by atoms with Gasteiger partial charge in [0.25, 0.3) is 0 Å². The molecule has 7 heavy (non-hydrogen) atoms. The third kappa shape index (κ3) is 1.57. The van der Waals surface area contributed by atoms with E-state index in [0.29, 0.717) is 6.61 Å². The van der Waals surface area contributed by atoms with Crippen LogP contribution >= 0.6 is 0 Å². The Bertz CT molecular complexity index is 58.0. The predicted molar refractivity (Wildman–Crippen MR) is 29.4 cm³/mol. The van der Waals surface area contributed by atoms with Crippen molar-refractivity contribution in [2.75, 3.05) is 6.61 Å². The Hall–Kier alpha value is 0.107. The summed E-state index contributed by atoms with van der Waals surface area (Å²) < 4.78 is 16.9. The van der Waals surface area contributed by atoms with Gasteiger partial charge in [-0.15, -0.1) is 0 Å². The zero-order valence-corrected chi connectivity index (χ0v) is 5.35. The van der Waals surface area contributed by atoms with Crippen LogP contribution in [0.4, 0.5) is 4.11 Å². The molecule has 1 unspecified atom stereocenters. The minimum absolute atomic E-state index is 0. The molecule has 3 heteroatoms. The number of rotatable bonds is 0. The average Bonchev–Trinajstić information content (AvgIpc) is 1.69. The zero-order valence-electron chi connectivity index (χ0n) is 5.19. The molecule has 1 saturated heterocycles. The van der Waals surface area contributed by atoms with E-state index in [1.807, 2.05) is 0 Å². The van der Waals surface area contributed by atoms with Crippen LogP contribution in [0.5, 0.6) is 0 Å². The first-order chi connectivity index (χ1) is 3.39. The molecule has 1 heterocycles. The van der Waals surface area contributed by atoms with Crippen molar-refractivity contribution in [2.45, 2.75) is 18.9 Å². The highest BCUT2D eigenvalue weighted by atomic mass is 28.3. The van der Waals surface area contributed by atoms with Crippen LogP contribution in [0, 0.1) is 0 Å². The minimum Gasteiger partial charge on any atom is -0.394 e. The maximum Gasteiger partial charge on any atom is 1.00 e. The molecular formula is C4H10FOSi+. The smallest absolute Gasteiger partial charge is 0.394 e. The highest BCUT2D eigenvalue weighted by Gasteiger charge is 2.13. The van der Waals surface area contributed by atoms with Crippen molar-refractivity contribution in [3.8, 4) is 0 Å². The monoisotopic (exact) mass is 121 g/mol. The Morgan fingerprint density at radius 2 is 2.43 bits per heavy atom. The lowest BCUT2D eigenvalue weighted by molar-refractivity contribution is 0.259. The van der Waals surface area contributed by atoms with Gasteiger partial charge in [0.1, 0.15) is 0 Å². The van der Waals surface area contributed by atoms with E-state index in [-0.39, 0.29) is 1.43 Å². The Labute approximate surface area is 45.9 Å². The molecule has 1 atom stereocenters. The summed E-state index contributed by atoms with van der Waals surface area (Å²) in [6.07, 6.45) is 2.11. The first-order valence-electron chi connectivity index (χ1n) is 2.65. The molecule has 0 aromatic carbocycles. The summed E-state index contributed by atoms with van der Waals surface area (Å²) in [5, 5.41) is 0. The molecule has 1 rings (SSSR count). The van der Waals surface area contributed by atoms with E-state index in [1.165, 1.54) is 0 Å². The summed E-state index contributed by atoms with van der Waals surface area (Å²) in [4.78, 5) is 0.